The van der Waals surface area contributed by atoms with Gasteiger partial charge < -0.3 is 25.4 Å². The van der Waals surface area contributed by atoms with Crippen LogP contribution in [0.2, 0.25) is 0 Å². The first kappa shape index (κ1) is 39.4. The number of hydrogen-bond donors (Lipinski definition) is 3. The molecule has 1 aromatic heterocycles. The second-order valence-electron chi connectivity index (χ2n) is 11.7. The summed E-state index contributed by atoms with van der Waals surface area (Å²) in [4.78, 5) is 76.2. The van der Waals surface area contributed by atoms with E-state index < -0.39 is 64.7 Å². The number of aliphatic imine (C=N–C) groups is 1. The van der Waals surface area contributed by atoms with Crippen molar-refractivity contribution >= 4 is 57.0 Å². The lowest BCUT2D eigenvalue weighted by molar-refractivity contribution is -0.152. The van der Waals surface area contributed by atoms with E-state index >= 15 is 0 Å². The second kappa shape index (κ2) is 18.8. The molecular formula is C34H41N7O9S2. The van der Waals surface area contributed by atoms with Gasteiger partial charge in [0.25, 0.3) is 10.0 Å². The Kier molecular flexibility index (Phi) is 14.2. The molecule has 1 saturated heterocycles. The minimum absolute atomic E-state index is 0.0168. The Labute approximate surface area is 305 Å². The average molecular weight is 756 g/mol. The molecular weight excluding hydrogens is 715 g/mol. The van der Waals surface area contributed by atoms with Gasteiger partial charge in [-0.2, -0.15) is 0 Å². The molecule has 1 aliphatic heterocycles. The summed E-state index contributed by atoms with van der Waals surface area (Å²) in [7, 11) is -3.95. The summed E-state index contributed by atoms with van der Waals surface area (Å²) in [6.45, 7) is 2.97. The number of nitrogens with two attached hydrogens (primary N) is 1. The van der Waals surface area contributed by atoms with E-state index in [0.717, 1.165) is 27.4 Å². The van der Waals surface area contributed by atoms with E-state index in [1.54, 1.807) is 48.7 Å². The van der Waals surface area contributed by atoms with E-state index in [1.807, 2.05) is 13.0 Å². The van der Waals surface area contributed by atoms with Gasteiger partial charge in [-0.1, -0.05) is 48.0 Å². The maximum Gasteiger partial charge on any atom is 0.410 e. The minimum atomic E-state index is -3.95. The van der Waals surface area contributed by atoms with E-state index in [-0.39, 0.29) is 61.6 Å². The lowest BCUT2D eigenvalue weighted by Gasteiger charge is -2.39. The topological polar surface area (TPSA) is 220 Å². The van der Waals surface area contributed by atoms with Gasteiger partial charge in [-0.25, -0.2) is 22.9 Å². The van der Waals surface area contributed by atoms with E-state index in [1.165, 1.54) is 23.2 Å². The highest BCUT2D eigenvalue weighted by atomic mass is 32.2. The van der Waals surface area contributed by atoms with Gasteiger partial charge in [0.1, 0.15) is 12.6 Å². The van der Waals surface area contributed by atoms with E-state index in [9.17, 15) is 32.4 Å². The van der Waals surface area contributed by atoms with Crippen LogP contribution < -0.4 is 15.8 Å². The number of hydrogen-bond acceptors (Lipinski definition) is 12. The Morgan fingerprint density at radius 2 is 1.81 bits per heavy atom. The number of carbonyl (C=O) groups is 5. The number of ether oxygens (including phenoxy) is 2. The summed E-state index contributed by atoms with van der Waals surface area (Å²) in [5, 5.41) is 4.44. The van der Waals surface area contributed by atoms with Gasteiger partial charge in [0, 0.05) is 31.2 Å². The molecule has 18 heteroatoms. The Morgan fingerprint density at radius 3 is 2.48 bits per heavy atom. The molecule has 4 N–H and O–H groups in total. The first-order chi connectivity index (χ1) is 24.9. The summed E-state index contributed by atoms with van der Waals surface area (Å²) in [6.07, 6.45) is 0.525. The van der Waals surface area contributed by atoms with Crippen LogP contribution in [0.5, 0.6) is 0 Å². The highest BCUT2D eigenvalue weighted by Crippen LogP contribution is 2.19. The van der Waals surface area contributed by atoms with Crippen molar-refractivity contribution in [1.29, 1.82) is 0 Å². The van der Waals surface area contributed by atoms with E-state index in [2.05, 4.69) is 20.0 Å². The molecule has 4 rings (SSSR count). The summed E-state index contributed by atoms with van der Waals surface area (Å²) in [5.41, 5.74) is 7.45. The van der Waals surface area contributed by atoms with Crippen molar-refractivity contribution in [2.45, 2.75) is 56.7 Å². The van der Waals surface area contributed by atoms with Gasteiger partial charge in [0.15, 0.2) is 5.01 Å². The Bertz CT molecular complexity index is 1840. The van der Waals surface area contributed by atoms with Crippen molar-refractivity contribution in [2.24, 2.45) is 10.7 Å². The third-order valence-electron chi connectivity index (χ3n) is 7.82. The van der Waals surface area contributed by atoms with Crippen LogP contribution in [0.15, 0.2) is 76.1 Å². The number of amides is 3. The summed E-state index contributed by atoms with van der Waals surface area (Å²) < 4.78 is 37.9. The van der Waals surface area contributed by atoms with Gasteiger partial charge in [-0.3, -0.25) is 29.1 Å². The fourth-order valence-electron chi connectivity index (χ4n) is 5.21. The van der Waals surface area contributed by atoms with Crippen molar-refractivity contribution in [3.05, 3.63) is 82.3 Å². The lowest BCUT2D eigenvalue weighted by atomic mass is 10.1. The SMILES string of the molecule is CCOC(=O)CC1C(=O)N(CC(=O)N[C@@H](CCCN=C(N)NS(=O)(=O)c2ccc(C)cc2)C(=O)c2nccs2)CCN1C(=O)OCc1ccccc1. The molecule has 2 atom stereocenters. The number of ketones is 1. The Balaban J connectivity index is 1.38. The molecule has 1 aliphatic rings. The molecule has 16 nitrogen and oxygen atoms in total. The largest absolute Gasteiger partial charge is 0.466 e. The maximum atomic E-state index is 13.6. The van der Waals surface area contributed by atoms with Crippen LogP contribution in [0, 0.1) is 6.92 Å². The van der Waals surface area contributed by atoms with Crippen LogP contribution in [0.3, 0.4) is 0 Å². The number of carbonyl (C=O) groups excluding carboxylic acids is 5. The Morgan fingerprint density at radius 1 is 1.08 bits per heavy atom. The zero-order chi connectivity index (χ0) is 37.7. The zero-order valence-electron chi connectivity index (χ0n) is 28.7. The molecule has 0 spiro atoms. The van der Waals surface area contributed by atoms with Crippen molar-refractivity contribution in [1.82, 2.24) is 24.8 Å². The molecule has 3 amide bonds. The highest BCUT2D eigenvalue weighted by molar-refractivity contribution is 7.90. The predicted octanol–water partition coefficient (Wildman–Crippen LogP) is 2.00. The molecule has 2 aromatic carbocycles. The molecule has 52 heavy (non-hydrogen) atoms. The second-order valence-corrected chi connectivity index (χ2v) is 14.2. The van der Waals surface area contributed by atoms with Crippen molar-refractivity contribution in [3.63, 3.8) is 0 Å². The number of aromatic nitrogens is 1. The van der Waals surface area contributed by atoms with Gasteiger partial charge in [0.2, 0.25) is 23.6 Å². The van der Waals surface area contributed by atoms with E-state index in [0.29, 0.717) is 0 Å². The monoisotopic (exact) mass is 755 g/mol. The smallest absolute Gasteiger partial charge is 0.410 e. The lowest BCUT2D eigenvalue weighted by Crippen LogP contribution is -2.61. The number of guanidine groups is 1. The number of Topliss-reactive ketones (excluding diaryl/α,β-unsaturated/α-hetero) is 1. The molecule has 0 saturated carbocycles. The van der Waals surface area contributed by atoms with Crippen LogP contribution >= 0.6 is 11.3 Å². The average Bonchev–Trinajstić information content (AvgIpc) is 3.66. The highest BCUT2D eigenvalue weighted by Gasteiger charge is 2.41. The fourth-order valence-corrected chi connectivity index (χ4v) is 6.79. The number of rotatable bonds is 16. The van der Waals surface area contributed by atoms with E-state index in [4.69, 9.17) is 15.2 Å². The number of nitrogens with one attached hydrogen (secondary N) is 2. The molecule has 2 heterocycles. The van der Waals surface area contributed by atoms with Crippen LogP contribution in [0.4, 0.5) is 4.79 Å². The maximum absolute atomic E-state index is 13.6. The number of thiazole rings is 1. The van der Waals surface area contributed by atoms with Gasteiger partial charge in [0.05, 0.1) is 30.5 Å². The number of nitrogens with zero attached hydrogens (tertiary/aromatic N) is 4. The summed E-state index contributed by atoms with van der Waals surface area (Å²) in [6, 6.07) is 12.8. The zero-order valence-corrected chi connectivity index (χ0v) is 30.4. The summed E-state index contributed by atoms with van der Waals surface area (Å²) in [5.74, 6) is -2.82. The van der Waals surface area contributed by atoms with Crippen molar-refractivity contribution in [3.8, 4) is 0 Å². The van der Waals surface area contributed by atoms with Gasteiger partial charge in [-0.15, -0.1) is 11.3 Å². The molecule has 0 radical (unpaired) electrons. The number of esters is 1. The molecule has 0 bridgehead atoms. The Hall–Kier alpha value is -5.36. The van der Waals surface area contributed by atoms with Crippen LogP contribution in [-0.2, 0) is 40.5 Å². The number of aryl methyl sites for hydroxylation is 1. The quantitative estimate of drug-likeness (QED) is 0.0631. The first-order valence-electron chi connectivity index (χ1n) is 16.4. The van der Waals surface area contributed by atoms with Crippen LogP contribution in [-0.4, -0.2) is 104 Å². The molecule has 3 aromatic rings. The van der Waals surface area contributed by atoms with Crippen LogP contribution in [0.1, 0.15) is 47.1 Å². The molecule has 1 unspecified atom stereocenters. The predicted molar refractivity (Wildman–Crippen MR) is 191 cm³/mol. The van der Waals surface area contributed by atoms with Gasteiger partial charge >= 0.3 is 12.1 Å². The third-order valence-corrected chi connectivity index (χ3v) is 9.98. The van der Waals surface area contributed by atoms with Crippen molar-refractivity contribution in [2.75, 3.05) is 32.8 Å². The third kappa shape index (κ3) is 11.3. The molecule has 1 fully saturated rings. The first-order valence-corrected chi connectivity index (χ1v) is 18.8. The molecule has 0 aliphatic carbocycles. The number of piperazine rings is 1. The number of sulfonamides is 1. The van der Waals surface area contributed by atoms with Crippen LogP contribution in [0.25, 0.3) is 0 Å². The molecule has 278 valence electrons. The normalized spacial score (nSPS) is 15.5. The van der Waals surface area contributed by atoms with Gasteiger partial charge in [-0.05, 0) is 44.4 Å². The minimum Gasteiger partial charge on any atom is -0.466 e. The number of benzene rings is 2. The summed E-state index contributed by atoms with van der Waals surface area (Å²) >= 11 is 1.09. The standard InChI is InChI=1S/C34H41N7O9S2/c1-3-49-29(43)20-27-32(45)40(17-18-41(27)34(46)50-22-24-8-5-4-6-9-24)21-28(42)38-26(30(44)31-36-16-19-51-31)10-7-15-37-33(35)39-52(47,48)25-13-11-23(2)12-14-25/h4-6,8-9,11-14,16,19,26-27H,3,7,10,15,17-18,20-22H2,1-2H3,(H,38,42)(H3,35,37,39)/t26-,27?/m0/s1. The van der Waals surface area contributed by atoms with Crippen molar-refractivity contribution < 1.29 is 41.9 Å². The fraction of sp³-hybridized carbons (Fsp3) is 0.382.